The third-order valence-electron chi connectivity index (χ3n) is 4.35. The molecule has 0 radical (unpaired) electrons. The van der Waals surface area contributed by atoms with Crippen LogP contribution in [0, 0.1) is 5.41 Å². The van der Waals surface area contributed by atoms with Gasteiger partial charge in [0, 0.05) is 30.7 Å². The van der Waals surface area contributed by atoms with Gasteiger partial charge in [-0.25, -0.2) is 0 Å². The molecule has 0 bridgehead atoms. The molecule has 27 heavy (non-hydrogen) atoms. The Morgan fingerprint density at radius 2 is 1.93 bits per heavy atom. The van der Waals surface area contributed by atoms with E-state index in [1.807, 2.05) is 49.6 Å². The van der Waals surface area contributed by atoms with Crippen LogP contribution < -0.4 is 5.32 Å². The Balaban J connectivity index is 2.44. The van der Waals surface area contributed by atoms with Crippen molar-refractivity contribution in [2.45, 2.75) is 39.2 Å². The maximum Gasteiger partial charge on any atom is 0.0397 e. The molecule has 0 atom stereocenters. The highest BCUT2D eigenvalue weighted by Gasteiger charge is 2.04. The average molecular weight is 364 g/mol. The summed E-state index contributed by atoms with van der Waals surface area (Å²) in [5, 5.41) is 11.1. The van der Waals surface area contributed by atoms with E-state index in [-0.39, 0.29) is 0 Å². The van der Waals surface area contributed by atoms with Crippen molar-refractivity contribution in [2.75, 3.05) is 6.54 Å². The summed E-state index contributed by atoms with van der Waals surface area (Å²) in [6.45, 7) is 15.4. The SMILES string of the molecule is C=CC/C=C\C(=C)N(C=C)CCCC/C(C=N)=C(\C)NCc1ccccc1. The van der Waals surface area contributed by atoms with Crippen molar-refractivity contribution in [1.82, 2.24) is 10.2 Å². The maximum atomic E-state index is 7.71. The van der Waals surface area contributed by atoms with Crippen LogP contribution in [0.15, 0.2) is 91.5 Å². The molecule has 0 amide bonds. The quantitative estimate of drug-likeness (QED) is 0.185. The summed E-state index contributed by atoms with van der Waals surface area (Å²) in [5.74, 6) is 0. The molecule has 3 nitrogen and oxygen atoms in total. The molecule has 0 aliphatic rings. The molecule has 2 N–H and O–H groups in total. The average Bonchev–Trinajstić information content (AvgIpc) is 2.70. The Morgan fingerprint density at radius 1 is 1.19 bits per heavy atom. The summed E-state index contributed by atoms with van der Waals surface area (Å²) >= 11 is 0. The van der Waals surface area contributed by atoms with Crippen molar-refractivity contribution in [3.63, 3.8) is 0 Å². The van der Waals surface area contributed by atoms with Crippen LogP contribution >= 0.6 is 0 Å². The van der Waals surface area contributed by atoms with Gasteiger partial charge in [-0.2, -0.15) is 0 Å². The van der Waals surface area contributed by atoms with Crippen molar-refractivity contribution in [1.29, 1.82) is 5.41 Å². The largest absolute Gasteiger partial charge is 0.384 e. The minimum atomic E-state index is 0.783. The topological polar surface area (TPSA) is 39.1 Å². The van der Waals surface area contributed by atoms with E-state index in [9.17, 15) is 0 Å². The summed E-state index contributed by atoms with van der Waals surface area (Å²) in [5.41, 5.74) is 4.31. The lowest BCUT2D eigenvalue weighted by molar-refractivity contribution is 0.458. The van der Waals surface area contributed by atoms with Crippen LogP contribution in [0.3, 0.4) is 0 Å². The van der Waals surface area contributed by atoms with E-state index >= 15 is 0 Å². The molecule has 0 aliphatic heterocycles. The molecule has 1 aromatic carbocycles. The predicted molar refractivity (Wildman–Crippen MR) is 119 cm³/mol. The van der Waals surface area contributed by atoms with Gasteiger partial charge in [-0.15, -0.1) is 6.58 Å². The van der Waals surface area contributed by atoms with Crippen LogP contribution in [0.4, 0.5) is 0 Å². The van der Waals surface area contributed by atoms with Crippen LogP contribution in [-0.4, -0.2) is 17.7 Å². The molecule has 0 heterocycles. The molecule has 0 aliphatic carbocycles. The third kappa shape index (κ3) is 8.91. The van der Waals surface area contributed by atoms with Gasteiger partial charge in [0.25, 0.3) is 0 Å². The van der Waals surface area contributed by atoms with Gasteiger partial charge in [0.2, 0.25) is 0 Å². The lowest BCUT2D eigenvalue weighted by atomic mass is 10.1. The van der Waals surface area contributed by atoms with Gasteiger partial charge in [0.05, 0.1) is 0 Å². The van der Waals surface area contributed by atoms with Gasteiger partial charge >= 0.3 is 0 Å². The van der Waals surface area contributed by atoms with Crippen LogP contribution in [-0.2, 0) is 6.54 Å². The van der Waals surface area contributed by atoms with E-state index in [4.69, 9.17) is 5.41 Å². The van der Waals surface area contributed by atoms with Crippen LogP contribution in [0.2, 0.25) is 0 Å². The van der Waals surface area contributed by atoms with Crippen molar-refractivity contribution in [3.8, 4) is 0 Å². The molecule has 0 unspecified atom stereocenters. The molecular formula is C24H33N3. The Labute approximate surface area is 165 Å². The van der Waals surface area contributed by atoms with E-state index in [1.165, 1.54) is 11.8 Å². The van der Waals surface area contributed by atoms with E-state index in [1.54, 1.807) is 0 Å². The first kappa shape index (κ1) is 22.2. The van der Waals surface area contributed by atoms with Crippen molar-refractivity contribution in [2.24, 2.45) is 0 Å². The number of unbranched alkanes of at least 4 members (excludes halogenated alkanes) is 1. The number of hydrogen-bond donors (Lipinski definition) is 2. The molecule has 0 spiro atoms. The molecule has 3 heteroatoms. The molecule has 0 saturated carbocycles. The van der Waals surface area contributed by atoms with Crippen LogP contribution in [0.5, 0.6) is 0 Å². The fourth-order valence-corrected chi connectivity index (χ4v) is 2.66. The Morgan fingerprint density at radius 3 is 2.56 bits per heavy atom. The maximum absolute atomic E-state index is 7.71. The lowest BCUT2D eigenvalue weighted by Gasteiger charge is -2.20. The lowest BCUT2D eigenvalue weighted by Crippen LogP contribution is -2.16. The molecule has 0 saturated heterocycles. The van der Waals surface area contributed by atoms with E-state index in [0.29, 0.717) is 0 Å². The zero-order chi connectivity index (χ0) is 19.9. The second kappa shape index (κ2) is 13.4. The second-order valence-corrected chi connectivity index (χ2v) is 6.38. The normalized spacial score (nSPS) is 11.6. The first-order valence-corrected chi connectivity index (χ1v) is 9.46. The number of hydrogen-bond acceptors (Lipinski definition) is 3. The smallest absolute Gasteiger partial charge is 0.0397 e. The Bertz CT molecular complexity index is 668. The van der Waals surface area contributed by atoms with Crippen LogP contribution in [0.25, 0.3) is 0 Å². The highest BCUT2D eigenvalue weighted by atomic mass is 15.1. The summed E-state index contributed by atoms with van der Waals surface area (Å²) < 4.78 is 0. The number of nitrogens with zero attached hydrogens (tertiary/aromatic N) is 1. The van der Waals surface area contributed by atoms with Gasteiger partial charge < -0.3 is 15.6 Å². The summed E-state index contributed by atoms with van der Waals surface area (Å²) in [6, 6.07) is 10.3. The molecule has 0 fully saturated rings. The Kier molecular flexibility index (Phi) is 11.0. The van der Waals surface area contributed by atoms with Gasteiger partial charge in [-0.3, -0.25) is 0 Å². The first-order valence-electron chi connectivity index (χ1n) is 9.46. The van der Waals surface area contributed by atoms with Gasteiger partial charge in [-0.05, 0) is 56.0 Å². The second-order valence-electron chi connectivity index (χ2n) is 6.38. The third-order valence-corrected chi connectivity index (χ3v) is 4.35. The number of benzene rings is 1. The van der Waals surface area contributed by atoms with E-state index in [0.717, 1.165) is 55.7 Å². The van der Waals surface area contributed by atoms with E-state index in [2.05, 4.69) is 42.1 Å². The molecule has 0 aromatic heterocycles. The van der Waals surface area contributed by atoms with Gasteiger partial charge in [0.15, 0.2) is 0 Å². The van der Waals surface area contributed by atoms with Crippen molar-refractivity contribution < 1.29 is 0 Å². The fraction of sp³-hybridized carbons (Fsp3) is 0.292. The minimum absolute atomic E-state index is 0.783. The fourth-order valence-electron chi connectivity index (χ4n) is 2.66. The minimum Gasteiger partial charge on any atom is -0.384 e. The zero-order valence-corrected chi connectivity index (χ0v) is 16.6. The number of nitrogens with one attached hydrogen (secondary N) is 2. The summed E-state index contributed by atoms with van der Waals surface area (Å²) in [7, 11) is 0. The molecule has 1 rings (SSSR count). The molecular weight excluding hydrogens is 330 g/mol. The predicted octanol–water partition coefficient (Wildman–Crippen LogP) is 5.96. The highest BCUT2D eigenvalue weighted by Crippen LogP contribution is 2.13. The zero-order valence-electron chi connectivity index (χ0n) is 16.6. The van der Waals surface area contributed by atoms with Crippen LogP contribution in [0.1, 0.15) is 38.2 Å². The van der Waals surface area contributed by atoms with E-state index < -0.39 is 0 Å². The standard InChI is InChI=1S/C24H33N3/c1-5-7-9-14-21(3)27(6-2)18-13-12-17-24(19-25)22(4)26-20-23-15-10-8-11-16-23/h5-6,8-11,14-16,19,25-26H,1-3,7,12-13,17-18,20H2,4H3/b14-9-,24-22-,25-19?. The molecule has 1 aromatic rings. The monoisotopic (exact) mass is 363 g/mol. The summed E-state index contributed by atoms with van der Waals surface area (Å²) in [4.78, 5) is 2.06. The van der Waals surface area contributed by atoms with Crippen molar-refractivity contribution >= 4 is 6.21 Å². The van der Waals surface area contributed by atoms with Gasteiger partial charge in [-0.1, -0.05) is 55.6 Å². The van der Waals surface area contributed by atoms with Crippen molar-refractivity contribution in [3.05, 3.63) is 97.0 Å². The molecule has 144 valence electrons. The van der Waals surface area contributed by atoms with Gasteiger partial charge in [0.1, 0.15) is 0 Å². The number of allylic oxidation sites excluding steroid dienone is 5. The number of rotatable bonds is 14. The summed E-state index contributed by atoms with van der Waals surface area (Å²) in [6.07, 6.45) is 13.0. The Hall–Kier alpha value is -2.81. The first-order chi connectivity index (χ1) is 13.1. The highest BCUT2D eigenvalue weighted by molar-refractivity contribution is 5.76.